The van der Waals surface area contributed by atoms with E-state index in [9.17, 15) is 0 Å². The van der Waals surface area contributed by atoms with E-state index in [2.05, 4.69) is 50.9 Å². The van der Waals surface area contributed by atoms with Crippen LogP contribution in [0.5, 0.6) is 0 Å². The van der Waals surface area contributed by atoms with Crippen LogP contribution in [0.1, 0.15) is 0 Å². The smallest absolute Gasteiger partial charge is 0.0559 e. The van der Waals surface area contributed by atoms with Crippen molar-refractivity contribution in [3.63, 3.8) is 0 Å². The monoisotopic (exact) mass is 307 g/mol. The maximum absolute atomic E-state index is 4.48. The van der Waals surface area contributed by atoms with Gasteiger partial charge in [0.05, 0.1) is 11.9 Å². The fourth-order valence-corrected chi connectivity index (χ4v) is 4.34. The number of aromatic nitrogens is 1. The summed E-state index contributed by atoms with van der Waals surface area (Å²) < 4.78 is 1.34. The molecule has 3 nitrogen and oxygen atoms in total. The fraction of sp³-hybridized carbons (Fsp3) is 0.278. The van der Waals surface area contributed by atoms with Crippen molar-refractivity contribution in [3.05, 3.63) is 48.1 Å². The summed E-state index contributed by atoms with van der Waals surface area (Å²) >= 11 is 1.79. The first-order chi connectivity index (χ1) is 10.9. The predicted molar refractivity (Wildman–Crippen MR) is 92.5 cm³/mol. The van der Waals surface area contributed by atoms with Gasteiger partial charge in [-0.15, -0.1) is 11.3 Å². The minimum atomic E-state index is 0.686. The summed E-state index contributed by atoms with van der Waals surface area (Å²) in [6, 6.07) is 11.8. The molecule has 2 aliphatic heterocycles. The maximum Gasteiger partial charge on any atom is 0.0559 e. The Balaban J connectivity index is 1.50. The molecule has 0 amide bonds. The van der Waals surface area contributed by atoms with Crippen LogP contribution >= 0.6 is 11.3 Å². The number of hydrogen-bond acceptors (Lipinski definition) is 4. The second-order valence-electron chi connectivity index (χ2n) is 6.28. The van der Waals surface area contributed by atoms with Gasteiger partial charge in [-0.1, -0.05) is 6.07 Å². The van der Waals surface area contributed by atoms with Gasteiger partial charge in [-0.3, -0.25) is 4.98 Å². The van der Waals surface area contributed by atoms with Crippen molar-refractivity contribution in [1.82, 2.24) is 10.3 Å². The highest BCUT2D eigenvalue weighted by atomic mass is 32.1. The number of fused-ring (bicyclic) bond motifs is 2. The lowest BCUT2D eigenvalue weighted by molar-refractivity contribution is 0.297. The SMILES string of the molecule is c1cc2cc(-c3cncc(N4C[C@@H]5CN[C@@H]5C4)c3)ccc2s1. The molecule has 1 N–H and O–H groups in total. The van der Waals surface area contributed by atoms with E-state index in [4.69, 9.17) is 0 Å². The van der Waals surface area contributed by atoms with E-state index in [1.165, 1.54) is 33.4 Å². The Bertz CT molecular complexity index is 829. The van der Waals surface area contributed by atoms with Crippen molar-refractivity contribution in [2.24, 2.45) is 5.92 Å². The van der Waals surface area contributed by atoms with E-state index >= 15 is 0 Å². The first kappa shape index (κ1) is 12.6. The fourth-order valence-electron chi connectivity index (χ4n) is 3.57. The van der Waals surface area contributed by atoms with Crippen LogP contribution in [-0.4, -0.2) is 30.7 Å². The molecule has 3 aromatic rings. The van der Waals surface area contributed by atoms with Crippen molar-refractivity contribution in [1.29, 1.82) is 0 Å². The highest BCUT2D eigenvalue weighted by Gasteiger charge is 2.39. The molecule has 2 aromatic heterocycles. The number of benzene rings is 1. The molecule has 22 heavy (non-hydrogen) atoms. The number of nitrogens with zero attached hydrogens (tertiary/aromatic N) is 2. The summed E-state index contributed by atoms with van der Waals surface area (Å²) in [5, 5.41) is 6.97. The lowest BCUT2D eigenvalue weighted by Crippen LogP contribution is -2.51. The van der Waals surface area contributed by atoms with Gasteiger partial charge in [0, 0.05) is 48.1 Å². The molecule has 2 fully saturated rings. The van der Waals surface area contributed by atoms with Gasteiger partial charge >= 0.3 is 0 Å². The zero-order valence-corrected chi connectivity index (χ0v) is 13.0. The zero-order valence-electron chi connectivity index (χ0n) is 12.2. The average molecular weight is 307 g/mol. The Kier molecular flexibility index (Phi) is 2.75. The molecule has 4 heterocycles. The number of thiophene rings is 1. The van der Waals surface area contributed by atoms with E-state index in [0.29, 0.717) is 6.04 Å². The van der Waals surface area contributed by atoms with E-state index < -0.39 is 0 Å². The van der Waals surface area contributed by atoms with E-state index in [1.54, 1.807) is 11.3 Å². The Morgan fingerprint density at radius 1 is 1.09 bits per heavy atom. The van der Waals surface area contributed by atoms with Gasteiger partial charge in [0.2, 0.25) is 0 Å². The van der Waals surface area contributed by atoms with Crippen LogP contribution in [0.25, 0.3) is 21.2 Å². The summed E-state index contributed by atoms with van der Waals surface area (Å²) in [5.41, 5.74) is 3.71. The average Bonchev–Trinajstić information content (AvgIpc) is 3.12. The standard InChI is InChI=1S/C18H17N3S/c1-2-18-13(3-4-22-18)5-12(1)14-6-16(9-19-7-14)21-10-15-8-20-17(15)11-21/h1-7,9,15,17,20H,8,10-11H2/t15-,17+/m0/s1. The van der Waals surface area contributed by atoms with Crippen LogP contribution < -0.4 is 10.2 Å². The predicted octanol–water partition coefficient (Wildman–Crippen LogP) is 3.37. The third-order valence-electron chi connectivity index (χ3n) is 4.96. The highest BCUT2D eigenvalue weighted by molar-refractivity contribution is 7.17. The molecule has 1 aromatic carbocycles. The summed E-state index contributed by atoms with van der Waals surface area (Å²) in [6.07, 6.45) is 3.97. The maximum atomic E-state index is 4.48. The number of pyridine rings is 1. The van der Waals surface area contributed by atoms with Crippen molar-refractivity contribution in [3.8, 4) is 11.1 Å². The zero-order chi connectivity index (χ0) is 14.5. The van der Waals surface area contributed by atoms with Crippen LogP contribution in [0.15, 0.2) is 48.1 Å². The molecule has 0 aliphatic carbocycles. The number of hydrogen-bond donors (Lipinski definition) is 1. The minimum absolute atomic E-state index is 0.686. The Morgan fingerprint density at radius 3 is 2.91 bits per heavy atom. The van der Waals surface area contributed by atoms with E-state index in [1.807, 2.05) is 12.4 Å². The molecule has 5 rings (SSSR count). The van der Waals surface area contributed by atoms with Gasteiger partial charge in [-0.25, -0.2) is 0 Å². The second kappa shape index (κ2) is 4.80. The van der Waals surface area contributed by atoms with Crippen molar-refractivity contribution >= 4 is 27.1 Å². The minimum Gasteiger partial charge on any atom is -0.368 e. The number of nitrogens with one attached hydrogen (secondary N) is 1. The molecule has 0 saturated carbocycles. The van der Waals surface area contributed by atoms with Crippen LogP contribution in [0.2, 0.25) is 0 Å². The van der Waals surface area contributed by atoms with E-state index in [0.717, 1.165) is 19.0 Å². The van der Waals surface area contributed by atoms with Gasteiger partial charge in [-0.05, 0) is 40.6 Å². The number of rotatable bonds is 2. The first-order valence-corrected chi connectivity index (χ1v) is 8.66. The van der Waals surface area contributed by atoms with Crippen LogP contribution in [0.4, 0.5) is 5.69 Å². The highest BCUT2D eigenvalue weighted by Crippen LogP contribution is 2.32. The normalized spacial score (nSPS) is 23.5. The molecule has 0 spiro atoms. The molecule has 0 radical (unpaired) electrons. The first-order valence-electron chi connectivity index (χ1n) is 7.78. The summed E-state index contributed by atoms with van der Waals surface area (Å²) in [7, 11) is 0. The lowest BCUT2D eigenvalue weighted by Gasteiger charge is -2.29. The van der Waals surface area contributed by atoms with Crippen molar-refractivity contribution < 1.29 is 0 Å². The molecule has 0 unspecified atom stereocenters. The Morgan fingerprint density at radius 2 is 2.09 bits per heavy atom. The van der Waals surface area contributed by atoms with Crippen molar-refractivity contribution in [2.45, 2.75) is 6.04 Å². The Hall–Kier alpha value is -1.91. The third kappa shape index (κ3) is 1.95. The van der Waals surface area contributed by atoms with Gasteiger partial charge < -0.3 is 10.2 Å². The second-order valence-corrected chi connectivity index (χ2v) is 7.23. The molecule has 2 saturated heterocycles. The van der Waals surface area contributed by atoms with Crippen molar-refractivity contribution in [2.75, 3.05) is 24.5 Å². The molecular formula is C18H17N3S. The topological polar surface area (TPSA) is 28.2 Å². The van der Waals surface area contributed by atoms with Crippen LogP contribution in [0, 0.1) is 5.92 Å². The largest absolute Gasteiger partial charge is 0.368 e. The molecule has 110 valence electrons. The molecular weight excluding hydrogens is 290 g/mol. The number of anilines is 1. The van der Waals surface area contributed by atoms with Crippen LogP contribution in [0.3, 0.4) is 0 Å². The summed E-state index contributed by atoms with van der Waals surface area (Å²) in [6.45, 7) is 3.44. The molecule has 4 heteroatoms. The van der Waals surface area contributed by atoms with Crippen LogP contribution in [-0.2, 0) is 0 Å². The quantitative estimate of drug-likeness (QED) is 0.787. The lowest BCUT2D eigenvalue weighted by atomic mass is 9.96. The summed E-state index contributed by atoms with van der Waals surface area (Å²) in [4.78, 5) is 6.95. The molecule has 2 aliphatic rings. The van der Waals surface area contributed by atoms with Gasteiger partial charge in [0.25, 0.3) is 0 Å². The van der Waals surface area contributed by atoms with Gasteiger partial charge in [0.15, 0.2) is 0 Å². The van der Waals surface area contributed by atoms with Gasteiger partial charge in [0.1, 0.15) is 0 Å². The summed E-state index contributed by atoms with van der Waals surface area (Å²) in [5.74, 6) is 0.825. The third-order valence-corrected chi connectivity index (χ3v) is 5.86. The van der Waals surface area contributed by atoms with Gasteiger partial charge in [-0.2, -0.15) is 0 Å². The van der Waals surface area contributed by atoms with E-state index in [-0.39, 0.29) is 0 Å². The molecule has 0 bridgehead atoms. The molecule has 2 atom stereocenters. The Labute approximate surface area is 133 Å².